The monoisotopic (exact) mass is 277 g/mol. The smallest absolute Gasteiger partial charge is 0.377 e. The van der Waals surface area contributed by atoms with Gasteiger partial charge in [-0.15, -0.1) is 0 Å². The summed E-state index contributed by atoms with van der Waals surface area (Å²) in [5.74, 6) is 0.203. The molecule has 3 heterocycles. The molecule has 1 aromatic rings. The Morgan fingerprint density at radius 3 is 2.85 bits per heavy atom. The van der Waals surface area contributed by atoms with Crippen LogP contribution in [0.5, 0.6) is 5.88 Å². The summed E-state index contributed by atoms with van der Waals surface area (Å²) in [6.45, 7) is 2.59. The minimum Gasteiger partial charge on any atom is -0.377 e. The molecular weight excluding hydrogens is 262 g/mol. The van der Waals surface area contributed by atoms with Crippen LogP contribution in [0.1, 0.15) is 18.5 Å². The van der Waals surface area contributed by atoms with Crippen LogP contribution in [-0.2, 0) is 9.62 Å². The molecule has 2 aliphatic rings. The number of rotatable bonds is 3. The highest BCUT2D eigenvalue weighted by atomic mass is 17.2. The van der Waals surface area contributed by atoms with Crippen molar-refractivity contribution in [2.75, 3.05) is 26.3 Å². The molecular formula is C13H15N3O4. The largest absolute Gasteiger partial charge is 0.452 e. The van der Waals surface area contributed by atoms with Gasteiger partial charge in [-0.05, 0) is 18.4 Å². The Morgan fingerprint density at radius 1 is 1.30 bits per heavy atom. The standard InChI is InChI=1S/C13H15N3O4/c17-13(16-6-1-7-16)20-19-12-11(14-4-5-15-12)10-2-8-18-9-3-10/h2,4-5H,1,3,6-9H2. The summed E-state index contributed by atoms with van der Waals surface area (Å²) in [4.78, 5) is 31.3. The van der Waals surface area contributed by atoms with Crippen LogP contribution >= 0.6 is 0 Å². The van der Waals surface area contributed by atoms with Crippen molar-refractivity contribution in [2.24, 2.45) is 0 Å². The molecule has 3 rings (SSSR count). The topological polar surface area (TPSA) is 73.8 Å². The first-order valence-corrected chi connectivity index (χ1v) is 6.56. The fraction of sp³-hybridized carbons (Fsp3) is 0.462. The Hall–Kier alpha value is -2.15. The van der Waals surface area contributed by atoms with Gasteiger partial charge in [-0.1, -0.05) is 6.08 Å². The second-order valence-corrected chi connectivity index (χ2v) is 4.54. The van der Waals surface area contributed by atoms with Crippen LogP contribution in [0.3, 0.4) is 0 Å². The number of nitrogens with zero attached hydrogens (tertiary/aromatic N) is 3. The van der Waals surface area contributed by atoms with Crippen molar-refractivity contribution in [3.8, 4) is 5.88 Å². The molecule has 0 spiro atoms. The van der Waals surface area contributed by atoms with Crippen LogP contribution in [-0.4, -0.2) is 47.3 Å². The van der Waals surface area contributed by atoms with Gasteiger partial charge >= 0.3 is 6.09 Å². The molecule has 0 N–H and O–H groups in total. The van der Waals surface area contributed by atoms with Crippen molar-refractivity contribution in [2.45, 2.75) is 12.8 Å². The lowest BCUT2D eigenvalue weighted by Crippen LogP contribution is -2.42. The molecule has 0 atom stereocenters. The second kappa shape index (κ2) is 5.87. The third-order valence-corrected chi connectivity index (χ3v) is 3.24. The molecule has 7 heteroatoms. The van der Waals surface area contributed by atoms with Gasteiger partial charge in [-0.25, -0.2) is 19.7 Å². The third-order valence-electron chi connectivity index (χ3n) is 3.24. The van der Waals surface area contributed by atoms with Crippen molar-refractivity contribution in [1.29, 1.82) is 0 Å². The SMILES string of the molecule is O=C(OOc1nccnc1C1=CCOCC1)N1CCC1. The van der Waals surface area contributed by atoms with E-state index in [1.807, 2.05) is 6.08 Å². The lowest BCUT2D eigenvalue weighted by Gasteiger charge is -2.28. The number of hydrogen-bond donors (Lipinski definition) is 0. The maximum Gasteiger partial charge on any atom is 0.452 e. The minimum atomic E-state index is -0.492. The highest BCUT2D eigenvalue weighted by Gasteiger charge is 2.24. The Morgan fingerprint density at radius 2 is 2.15 bits per heavy atom. The summed E-state index contributed by atoms with van der Waals surface area (Å²) >= 11 is 0. The van der Waals surface area contributed by atoms with E-state index < -0.39 is 6.09 Å². The van der Waals surface area contributed by atoms with Crippen molar-refractivity contribution < 1.29 is 19.3 Å². The van der Waals surface area contributed by atoms with E-state index in [2.05, 4.69) is 9.97 Å². The summed E-state index contributed by atoms with van der Waals surface area (Å²) < 4.78 is 5.26. The molecule has 2 aliphatic heterocycles. The first kappa shape index (κ1) is 12.9. The van der Waals surface area contributed by atoms with E-state index in [1.165, 1.54) is 6.20 Å². The highest BCUT2D eigenvalue weighted by molar-refractivity contribution is 5.69. The number of carbonyl (C=O) groups is 1. The predicted octanol–water partition coefficient (Wildman–Crippen LogP) is 1.42. The summed E-state index contributed by atoms with van der Waals surface area (Å²) in [7, 11) is 0. The predicted molar refractivity (Wildman–Crippen MR) is 68.7 cm³/mol. The fourth-order valence-electron chi connectivity index (χ4n) is 1.98. The van der Waals surface area contributed by atoms with Crippen LogP contribution in [0.15, 0.2) is 18.5 Å². The number of aromatic nitrogens is 2. The molecule has 0 saturated carbocycles. The van der Waals surface area contributed by atoms with Crippen molar-refractivity contribution in [3.05, 3.63) is 24.2 Å². The first-order valence-electron chi connectivity index (χ1n) is 6.56. The normalized spacial score (nSPS) is 18.0. The first-order chi connectivity index (χ1) is 9.84. The van der Waals surface area contributed by atoms with Crippen molar-refractivity contribution >= 4 is 11.7 Å². The Labute approximate surface area is 116 Å². The molecule has 0 bridgehead atoms. The van der Waals surface area contributed by atoms with E-state index in [0.29, 0.717) is 32.0 Å². The van der Waals surface area contributed by atoms with Gasteiger partial charge in [0.05, 0.1) is 13.2 Å². The molecule has 7 nitrogen and oxygen atoms in total. The summed E-state index contributed by atoms with van der Waals surface area (Å²) in [5, 5.41) is 0. The van der Waals surface area contributed by atoms with Gasteiger partial charge in [0, 0.05) is 25.5 Å². The number of hydrogen-bond acceptors (Lipinski definition) is 6. The summed E-state index contributed by atoms with van der Waals surface area (Å²) in [5.41, 5.74) is 1.58. The van der Waals surface area contributed by atoms with E-state index in [4.69, 9.17) is 14.5 Å². The maximum atomic E-state index is 11.6. The van der Waals surface area contributed by atoms with Gasteiger partial charge in [0.25, 0.3) is 5.88 Å². The Balaban J connectivity index is 1.69. The zero-order valence-electron chi connectivity index (χ0n) is 10.9. The molecule has 0 unspecified atom stereocenters. The summed E-state index contributed by atoms with van der Waals surface area (Å²) in [6.07, 6.45) is 6.24. The Kier molecular flexibility index (Phi) is 3.78. The van der Waals surface area contributed by atoms with E-state index in [9.17, 15) is 4.79 Å². The van der Waals surface area contributed by atoms with E-state index >= 15 is 0 Å². The van der Waals surface area contributed by atoms with E-state index in [1.54, 1.807) is 11.1 Å². The van der Waals surface area contributed by atoms with E-state index in [-0.39, 0.29) is 5.88 Å². The van der Waals surface area contributed by atoms with Gasteiger partial charge < -0.3 is 9.64 Å². The zero-order valence-corrected chi connectivity index (χ0v) is 10.9. The van der Waals surface area contributed by atoms with E-state index in [0.717, 1.165) is 18.4 Å². The molecule has 1 fully saturated rings. The molecule has 20 heavy (non-hydrogen) atoms. The average Bonchev–Trinajstić information content (AvgIpc) is 2.44. The van der Waals surface area contributed by atoms with Crippen LogP contribution in [0.25, 0.3) is 5.57 Å². The van der Waals surface area contributed by atoms with Gasteiger partial charge in [0.2, 0.25) is 0 Å². The lowest BCUT2D eigenvalue weighted by atomic mass is 10.1. The highest BCUT2D eigenvalue weighted by Crippen LogP contribution is 2.26. The van der Waals surface area contributed by atoms with Crippen LogP contribution in [0.2, 0.25) is 0 Å². The number of likely N-dealkylation sites (tertiary alicyclic amines) is 1. The molecule has 1 aromatic heterocycles. The molecule has 0 aromatic carbocycles. The number of carbonyl (C=O) groups excluding carboxylic acids is 1. The second-order valence-electron chi connectivity index (χ2n) is 4.54. The van der Waals surface area contributed by atoms with Crippen LogP contribution in [0.4, 0.5) is 4.79 Å². The minimum absolute atomic E-state index is 0.203. The quantitative estimate of drug-likeness (QED) is 0.614. The molecule has 1 amide bonds. The molecule has 1 saturated heterocycles. The Bertz CT molecular complexity index is 528. The zero-order chi connectivity index (χ0) is 13.8. The molecule has 0 aliphatic carbocycles. The summed E-state index contributed by atoms with van der Waals surface area (Å²) in [6, 6.07) is 0. The van der Waals surface area contributed by atoms with Gasteiger partial charge in [0.1, 0.15) is 5.69 Å². The van der Waals surface area contributed by atoms with Crippen molar-refractivity contribution in [3.63, 3.8) is 0 Å². The van der Waals surface area contributed by atoms with Gasteiger partial charge in [0.15, 0.2) is 0 Å². The molecule has 106 valence electrons. The van der Waals surface area contributed by atoms with Crippen molar-refractivity contribution in [1.82, 2.24) is 14.9 Å². The lowest BCUT2D eigenvalue weighted by molar-refractivity contribution is -0.161. The van der Waals surface area contributed by atoms with Gasteiger partial charge in [-0.2, -0.15) is 0 Å². The third kappa shape index (κ3) is 2.72. The van der Waals surface area contributed by atoms with Gasteiger partial charge in [-0.3, -0.25) is 4.89 Å². The molecule has 0 radical (unpaired) electrons. The maximum absolute atomic E-state index is 11.6. The number of amides is 1. The van der Waals surface area contributed by atoms with Crippen LogP contribution in [0, 0.1) is 0 Å². The van der Waals surface area contributed by atoms with Crippen LogP contribution < -0.4 is 4.89 Å². The fourth-order valence-corrected chi connectivity index (χ4v) is 1.98. The number of ether oxygens (including phenoxy) is 1. The average molecular weight is 277 g/mol.